The zero-order chi connectivity index (χ0) is 13.1. The maximum absolute atomic E-state index is 11.8. The van der Waals surface area contributed by atoms with Crippen molar-refractivity contribution in [3.8, 4) is 0 Å². The van der Waals surface area contributed by atoms with E-state index < -0.39 is 5.60 Å². The van der Waals surface area contributed by atoms with Crippen molar-refractivity contribution in [2.45, 2.75) is 58.1 Å². The van der Waals surface area contributed by atoms with E-state index in [-0.39, 0.29) is 47.9 Å². The van der Waals surface area contributed by atoms with Crippen LogP contribution in [0.2, 0.25) is 0 Å². The van der Waals surface area contributed by atoms with Crippen LogP contribution < -0.4 is 11.5 Å². The third kappa shape index (κ3) is 6.42. The number of nitrogens with two attached hydrogens (primary N) is 2. The number of guanidine groups is 1. The minimum absolute atomic E-state index is 0. The van der Waals surface area contributed by atoms with E-state index in [1.54, 1.807) is 0 Å². The molecule has 0 aromatic rings. The van der Waals surface area contributed by atoms with Gasteiger partial charge in [-0.15, -0.1) is 24.0 Å². The summed E-state index contributed by atoms with van der Waals surface area (Å²) in [6, 6.07) is 0.165. The number of carbonyl (C=O) groups is 1. The molecule has 1 aliphatic carbocycles. The lowest BCUT2D eigenvalue weighted by atomic mass is 9.86. The van der Waals surface area contributed by atoms with Gasteiger partial charge in [-0.25, -0.2) is 0 Å². The molecule has 0 bridgehead atoms. The fourth-order valence-electron chi connectivity index (χ4n) is 2.04. The van der Waals surface area contributed by atoms with Gasteiger partial charge in [-0.3, -0.25) is 9.79 Å². The number of halogens is 1. The molecule has 1 aliphatic rings. The van der Waals surface area contributed by atoms with Crippen molar-refractivity contribution in [3.63, 3.8) is 0 Å². The highest BCUT2D eigenvalue weighted by atomic mass is 127. The summed E-state index contributed by atoms with van der Waals surface area (Å²) in [5.74, 6) is 0.0334. The molecular formula is C12H24IN3O2. The van der Waals surface area contributed by atoms with Crippen LogP contribution in [0.15, 0.2) is 4.99 Å². The highest BCUT2D eigenvalue weighted by molar-refractivity contribution is 14.0. The Bertz CT molecular complexity index is 301. The van der Waals surface area contributed by atoms with Crippen molar-refractivity contribution in [2.24, 2.45) is 22.4 Å². The Kier molecular flexibility index (Phi) is 6.94. The molecule has 0 aromatic carbocycles. The molecule has 0 spiro atoms. The molecule has 0 atom stereocenters. The molecule has 0 saturated heterocycles. The maximum Gasteiger partial charge on any atom is 0.309 e. The first-order valence-electron chi connectivity index (χ1n) is 6.09. The molecule has 0 amide bonds. The van der Waals surface area contributed by atoms with Crippen LogP contribution in [0, 0.1) is 5.92 Å². The summed E-state index contributed by atoms with van der Waals surface area (Å²) in [5.41, 5.74) is 10.3. The Hall–Kier alpha value is -0.530. The summed E-state index contributed by atoms with van der Waals surface area (Å²) >= 11 is 0. The average molecular weight is 369 g/mol. The summed E-state index contributed by atoms with van der Waals surface area (Å²) < 4.78 is 5.37. The first-order valence-corrected chi connectivity index (χ1v) is 6.09. The predicted molar refractivity (Wildman–Crippen MR) is 82.8 cm³/mol. The van der Waals surface area contributed by atoms with Crippen molar-refractivity contribution < 1.29 is 9.53 Å². The lowest BCUT2D eigenvalue weighted by Gasteiger charge is -2.28. The lowest BCUT2D eigenvalue weighted by Crippen LogP contribution is -2.32. The van der Waals surface area contributed by atoms with Gasteiger partial charge in [0.1, 0.15) is 5.60 Å². The van der Waals surface area contributed by atoms with Gasteiger partial charge < -0.3 is 16.2 Å². The van der Waals surface area contributed by atoms with Crippen LogP contribution in [0.3, 0.4) is 0 Å². The minimum atomic E-state index is -0.409. The molecule has 0 unspecified atom stereocenters. The minimum Gasteiger partial charge on any atom is -0.460 e. The molecule has 0 heterocycles. The van der Waals surface area contributed by atoms with Gasteiger partial charge in [-0.2, -0.15) is 0 Å². The smallest absolute Gasteiger partial charge is 0.309 e. The number of carbonyl (C=O) groups excluding carboxylic acids is 1. The normalized spacial score (nSPS) is 23.7. The van der Waals surface area contributed by atoms with Gasteiger partial charge in [0, 0.05) is 0 Å². The van der Waals surface area contributed by atoms with E-state index in [0.29, 0.717) is 0 Å². The predicted octanol–water partition coefficient (Wildman–Crippen LogP) is 1.78. The molecular weight excluding hydrogens is 345 g/mol. The van der Waals surface area contributed by atoms with Gasteiger partial charge in [0.15, 0.2) is 5.96 Å². The van der Waals surface area contributed by atoms with E-state index in [4.69, 9.17) is 16.2 Å². The molecule has 1 rings (SSSR count). The Morgan fingerprint density at radius 3 is 2.06 bits per heavy atom. The van der Waals surface area contributed by atoms with E-state index in [0.717, 1.165) is 25.7 Å². The summed E-state index contributed by atoms with van der Waals surface area (Å²) in [6.45, 7) is 5.65. The third-order valence-electron chi connectivity index (χ3n) is 2.77. The lowest BCUT2D eigenvalue weighted by molar-refractivity contribution is -0.161. The van der Waals surface area contributed by atoms with Crippen LogP contribution in [0.5, 0.6) is 0 Å². The molecule has 5 nitrogen and oxygen atoms in total. The monoisotopic (exact) mass is 369 g/mol. The van der Waals surface area contributed by atoms with Crippen molar-refractivity contribution >= 4 is 35.9 Å². The Morgan fingerprint density at radius 1 is 1.17 bits per heavy atom. The van der Waals surface area contributed by atoms with Crippen molar-refractivity contribution in [3.05, 3.63) is 0 Å². The third-order valence-corrected chi connectivity index (χ3v) is 2.77. The Morgan fingerprint density at radius 2 is 1.67 bits per heavy atom. The molecule has 4 N–H and O–H groups in total. The van der Waals surface area contributed by atoms with E-state index in [1.807, 2.05) is 20.8 Å². The number of nitrogens with zero attached hydrogens (tertiary/aromatic N) is 1. The quantitative estimate of drug-likeness (QED) is 0.336. The SMILES string of the molecule is CC(C)(C)OC(=O)C1CCC(N=C(N)N)CC1.I. The van der Waals surface area contributed by atoms with E-state index in [1.165, 1.54) is 0 Å². The van der Waals surface area contributed by atoms with Gasteiger partial charge in [-0.05, 0) is 46.5 Å². The van der Waals surface area contributed by atoms with Crippen LogP contribution in [-0.2, 0) is 9.53 Å². The zero-order valence-electron chi connectivity index (χ0n) is 11.3. The van der Waals surface area contributed by atoms with Gasteiger partial charge in [0.05, 0.1) is 12.0 Å². The number of hydrogen-bond donors (Lipinski definition) is 2. The Labute approximate surface area is 126 Å². The Balaban J connectivity index is 0.00000289. The van der Waals surface area contributed by atoms with E-state index in [2.05, 4.69) is 4.99 Å². The fraction of sp³-hybridized carbons (Fsp3) is 0.833. The van der Waals surface area contributed by atoms with E-state index in [9.17, 15) is 4.79 Å². The second-order valence-corrected chi connectivity index (χ2v) is 5.59. The number of aliphatic imine (C=N–C) groups is 1. The van der Waals surface area contributed by atoms with Gasteiger partial charge in [-0.1, -0.05) is 0 Å². The molecule has 6 heteroatoms. The molecule has 1 saturated carbocycles. The van der Waals surface area contributed by atoms with Gasteiger partial charge >= 0.3 is 5.97 Å². The number of ether oxygens (including phenoxy) is 1. The van der Waals surface area contributed by atoms with Crippen molar-refractivity contribution in [1.82, 2.24) is 0 Å². The number of esters is 1. The first kappa shape index (κ1) is 17.5. The first-order chi connectivity index (χ1) is 7.78. The van der Waals surface area contributed by atoms with Gasteiger partial charge in [0.2, 0.25) is 0 Å². The van der Waals surface area contributed by atoms with Crippen LogP contribution >= 0.6 is 24.0 Å². The maximum atomic E-state index is 11.8. The highest BCUT2D eigenvalue weighted by Crippen LogP contribution is 2.28. The molecule has 106 valence electrons. The van der Waals surface area contributed by atoms with Crippen LogP contribution in [0.1, 0.15) is 46.5 Å². The van der Waals surface area contributed by atoms with Crippen LogP contribution in [0.4, 0.5) is 0 Å². The fourth-order valence-corrected chi connectivity index (χ4v) is 2.04. The molecule has 0 radical (unpaired) electrons. The van der Waals surface area contributed by atoms with E-state index >= 15 is 0 Å². The second-order valence-electron chi connectivity index (χ2n) is 5.59. The molecule has 0 aromatic heterocycles. The van der Waals surface area contributed by atoms with Crippen molar-refractivity contribution in [2.75, 3.05) is 0 Å². The van der Waals surface area contributed by atoms with Crippen molar-refractivity contribution in [1.29, 1.82) is 0 Å². The number of hydrogen-bond acceptors (Lipinski definition) is 3. The molecule has 0 aliphatic heterocycles. The summed E-state index contributed by atoms with van der Waals surface area (Å²) in [7, 11) is 0. The second kappa shape index (κ2) is 7.16. The standard InChI is InChI=1S/C12H23N3O2.HI/c1-12(2,3)17-10(16)8-4-6-9(7-5-8)15-11(13)14;/h8-9H,4-7H2,1-3H3,(H4,13,14,15);1H. The molecule has 18 heavy (non-hydrogen) atoms. The summed E-state index contributed by atoms with van der Waals surface area (Å²) in [4.78, 5) is 16.0. The number of rotatable bonds is 2. The topological polar surface area (TPSA) is 90.7 Å². The average Bonchev–Trinajstić information content (AvgIpc) is 2.15. The van der Waals surface area contributed by atoms with Crippen LogP contribution in [0.25, 0.3) is 0 Å². The molecule has 1 fully saturated rings. The zero-order valence-corrected chi connectivity index (χ0v) is 13.6. The highest BCUT2D eigenvalue weighted by Gasteiger charge is 2.29. The largest absolute Gasteiger partial charge is 0.460 e. The summed E-state index contributed by atoms with van der Waals surface area (Å²) in [6.07, 6.45) is 3.30. The van der Waals surface area contributed by atoms with Gasteiger partial charge in [0.25, 0.3) is 0 Å². The van der Waals surface area contributed by atoms with Crippen LogP contribution in [-0.4, -0.2) is 23.6 Å². The summed E-state index contributed by atoms with van der Waals surface area (Å²) in [5, 5.41) is 0.